The summed E-state index contributed by atoms with van der Waals surface area (Å²) >= 11 is 4.54. The van der Waals surface area contributed by atoms with Crippen LogP contribution in [0.15, 0.2) is 170 Å². The van der Waals surface area contributed by atoms with Gasteiger partial charge in [0.2, 0.25) is 0 Å². The predicted molar refractivity (Wildman–Crippen MR) is 193 cm³/mol. The Bertz CT molecular complexity index is 1570. The first-order chi connectivity index (χ1) is 21.3. The van der Waals surface area contributed by atoms with Gasteiger partial charge in [0.25, 0.3) is 0 Å². The minimum absolute atomic E-state index is 0. The fourth-order valence-corrected chi connectivity index (χ4v) is 4.28. The first kappa shape index (κ1) is 41.8. The Morgan fingerprint density at radius 1 is 0.348 bits per heavy atom. The van der Waals surface area contributed by atoms with Gasteiger partial charge in [-0.15, -0.1) is 119 Å². The molecule has 0 saturated heterocycles. The van der Waals surface area contributed by atoms with Crippen molar-refractivity contribution in [1.29, 1.82) is 0 Å². The molecule has 0 unspecified atom stereocenters. The van der Waals surface area contributed by atoms with E-state index in [0.717, 1.165) is 0 Å². The summed E-state index contributed by atoms with van der Waals surface area (Å²) in [4.78, 5) is 0. The molecule has 0 saturated carbocycles. The van der Waals surface area contributed by atoms with Crippen LogP contribution in [0.25, 0.3) is 43.1 Å². The van der Waals surface area contributed by atoms with E-state index in [4.69, 9.17) is 0 Å². The van der Waals surface area contributed by atoms with Crippen molar-refractivity contribution in [2.24, 2.45) is 0 Å². The van der Waals surface area contributed by atoms with Gasteiger partial charge in [-0.25, -0.2) is 0 Å². The normalized spacial score (nSPS) is 9.22. The maximum absolute atomic E-state index is 2.27. The minimum atomic E-state index is 0. The molecule has 0 nitrogen and oxygen atoms in total. The molecule has 0 aromatic heterocycles. The molecule has 0 bridgehead atoms. The number of halogens is 2. The SMILES string of the molecule is C[Si](C)=[Ti+2].C[Si](C)=[Ti+2].[Cl-].[Cl-].c1ccc2[cH-]ccc2c1.c1ccc2[cH-]ccc2c1.c1ccc2[cH-]ccc2c1.c1ccc2[cH-]ccc2c1. The van der Waals surface area contributed by atoms with Gasteiger partial charge in [-0.1, -0.05) is 24.3 Å². The molecule has 0 N–H and O–H groups in total. The first-order valence-electron chi connectivity index (χ1n) is 14.8. The van der Waals surface area contributed by atoms with Gasteiger partial charge in [-0.3, -0.25) is 0 Å². The van der Waals surface area contributed by atoms with Crippen LogP contribution in [-0.4, -0.2) is 12.4 Å². The summed E-state index contributed by atoms with van der Waals surface area (Å²) in [6.07, 6.45) is 0.241. The van der Waals surface area contributed by atoms with Gasteiger partial charge in [0, 0.05) is 0 Å². The average molecular weight is 744 g/mol. The van der Waals surface area contributed by atoms with E-state index in [0.29, 0.717) is 0 Å². The van der Waals surface area contributed by atoms with E-state index in [9.17, 15) is 0 Å². The molecule has 0 aliphatic rings. The molecule has 0 radical (unpaired) electrons. The molecule has 0 aliphatic carbocycles. The second-order valence-corrected chi connectivity index (χ2v) is 24.0. The number of hydrogen-bond donors (Lipinski definition) is 0. The number of fused-ring (bicyclic) bond motifs is 4. The van der Waals surface area contributed by atoms with Gasteiger partial charge in [0.15, 0.2) is 0 Å². The summed E-state index contributed by atoms with van der Waals surface area (Å²) in [5, 5.41) is 10.6. The Labute approximate surface area is 311 Å². The zero-order valence-electron chi connectivity index (χ0n) is 26.9. The second-order valence-electron chi connectivity index (χ2n) is 10.6. The molecule has 0 fully saturated rings. The Kier molecular flexibility index (Phi) is 21.8. The Hall–Kier alpha value is -2.24. The molecule has 0 heterocycles. The standard InChI is InChI=1S/4C9H7.2C2H6Si.2ClH.2Ti/c4*1-2-5-9-7-3-6-8(9)4-1;2*1-3-2;;;;/h4*1-7H;2*1-2H3;2*1H;;/q4*-1;;;;;2*+2/p-2. The summed E-state index contributed by atoms with van der Waals surface area (Å²) < 4.78 is 0. The molecule has 6 heteroatoms. The third-order valence-corrected chi connectivity index (χ3v) is 6.19. The van der Waals surface area contributed by atoms with Crippen molar-refractivity contribution >= 4 is 55.5 Å². The molecular formula is C40H40Cl2Si2Ti2-2. The van der Waals surface area contributed by atoms with Crippen molar-refractivity contribution in [2.75, 3.05) is 0 Å². The van der Waals surface area contributed by atoms with E-state index in [1.165, 1.54) is 43.1 Å². The quantitative estimate of drug-likeness (QED) is 0.136. The van der Waals surface area contributed by atoms with E-state index in [-0.39, 0.29) is 37.2 Å². The van der Waals surface area contributed by atoms with Crippen molar-refractivity contribution in [1.82, 2.24) is 0 Å². The van der Waals surface area contributed by atoms with Gasteiger partial charge in [0.1, 0.15) is 0 Å². The third kappa shape index (κ3) is 16.0. The smallest absolute Gasteiger partial charge is 0.0809 e. The molecule has 8 aromatic rings. The Morgan fingerprint density at radius 2 is 0.522 bits per heavy atom. The van der Waals surface area contributed by atoms with Crippen molar-refractivity contribution in [3.05, 3.63) is 170 Å². The van der Waals surface area contributed by atoms with Crippen LogP contribution in [0.5, 0.6) is 0 Å². The molecule has 8 aromatic carbocycles. The summed E-state index contributed by atoms with van der Waals surface area (Å²) in [7, 11) is 0. The summed E-state index contributed by atoms with van der Waals surface area (Å²) in [6, 6.07) is 58.7. The largest absolute Gasteiger partial charge is 1.00 e. The van der Waals surface area contributed by atoms with E-state index >= 15 is 0 Å². The zero-order valence-corrected chi connectivity index (χ0v) is 33.6. The molecule has 46 heavy (non-hydrogen) atoms. The van der Waals surface area contributed by atoms with Crippen LogP contribution in [0.1, 0.15) is 0 Å². The fraction of sp³-hybridized carbons (Fsp3) is 0.100. The van der Waals surface area contributed by atoms with E-state index in [1.807, 2.05) is 0 Å². The summed E-state index contributed by atoms with van der Waals surface area (Å²) in [5.74, 6) is 0. The first-order valence-corrected chi connectivity index (χ1v) is 24.5. The third-order valence-electron chi connectivity index (χ3n) is 6.19. The van der Waals surface area contributed by atoms with Gasteiger partial charge in [-0.05, 0) is 0 Å². The van der Waals surface area contributed by atoms with E-state index in [2.05, 4.69) is 234 Å². The van der Waals surface area contributed by atoms with E-state index < -0.39 is 0 Å². The van der Waals surface area contributed by atoms with Crippen molar-refractivity contribution in [3.63, 3.8) is 0 Å². The zero-order chi connectivity index (χ0) is 31.6. The number of hydrogen-bond acceptors (Lipinski definition) is 0. The average Bonchev–Trinajstić information content (AvgIpc) is 3.84. The number of rotatable bonds is 0. The van der Waals surface area contributed by atoms with Gasteiger partial charge < -0.3 is 24.8 Å². The molecular weight excluding hydrogens is 703 g/mol. The molecule has 232 valence electrons. The van der Waals surface area contributed by atoms with Crippen LogP contribution in [0.2, 0.25) is 26.2 Å². The molecule has 0 atom stereocenters. The Morgan fingerprint density at radius 3 is 0.696 bits per heavy atom. The van der Waals surface area contributed by atoms with Gasteiger partial charge in [0.05, 0.1) is 0 Å². The van der Waals surface area contributed by atoms with Crippen LogP contribution < -0.4 is 24.8 Å². The minimum Gasteiger partial charge on any atom is -1.00 e. The van der Waals surface area contributed by atoms with Crippen LogP contribution in [0.4, 0.5) is 0 Å². The summed E-state index contributed by atoms with van der Waals surface area (Å²) in [5.41, 5.74) is 0. The fourth-order valence-electron chi connectivity index (χ4n) is 4.28. The second kappa shape index (κ2) is 24.0. The van der Waals surface area contributed by atoms with Gasteiger partial charge in [-0.2, -0.15) is 70.1 Å². The van der Waals surface area contributed by atoms with Crippen LogP contribution in [0, 0.1) is 0 Å². The van der Waals surface area contributed by atoms with Crippen molar-refractivity contribution in [2.45, 2.75) is 26.2 Å². The van der Waals surface area contributed by atoms with Crippen LogP contribution in [0.3, 0.4) is 0 Å². The summed E-state index contributed by atoms with van der Waals surface area (Å²) in [6.45, 7) is 9.07. The molecule has 0 amide bonds. The van der Waals surface area contributed by atoms with Crippen molar-refractivity contribution in [3.8, 4) is 0 Å². The maximum Gasteiger partial charge on any atom is -0.0809 e. The number of benzene rings is 4. The van der Waals surface area contributed by atoms with Crippen LogP contribution >= 0.6 is 0 Å². The topological polar surface area (TPSA) is 0 Å². The maximum atomic E-state index is 2.27. The van der Waals surface area contributed by atoms with Crippen molar-refractivity contribution < 1.29 is 63.2 Å². The monoisotopic (exact) mass is 742 g/mol. The van der Waals surface area contributed by atoms with Gasteiger partial charge >= 0.3 is 76.9 Å². The van der Waals surface area contributed by atoms with E-state index in [1.54, 1.807) is 0 Å². The molecule has 8 rings (SSSR count). The molecule has 0 aliphatic heterocycles. The molecule has 0 spiro atoms. The predicted octanol–water partition coefficient (Wildman–Crippen LogP) is 5.81. The van der Waals surface area contributed by atoms with Crippen LogP contribution in [-0.2, 0) is 38.3 Å². The Balaban J connectivity index is 0.000000282.